The standard InChI is InChI=1S/C12H18O4S/c1-3-17(13,14)10-4-9-16-12-7-5-11(15-2)6-8-12/h5-8H,3-4,9-10H2,1-2H3. The highest BCUT2D eigenvalue weighted by Gasteiger charge is 2.06. The molecule has 0 unspecified atom stereocenters. The zero-order valence-electron chi connectivity index (χ0n) is 10.2. The van der Waals surface area contributed by atoms with E-state index in [4.69, 9.17) is 9.47 Å². The lowest BCUT2D eigenvalue weighted by Gasteiger charge is -2.06. The van der Waals surface area contributed by atoms with Gasteiger partial charge < -0.3 is 9.47 Å². The Balaban J connectivity index is 2.31. The third kappa shape index (κ3) is 5.08. The fourth-order valence-corrected chi connectivity index (χ4v) is 2.13. The molecule has 0 aliphatic carbocycles. The van der Waals surface area contributed by atoms with E-state index in [1.807, 2.05) is 0 Å². The van der Waals surface area contributed by atoms with E-state index in [9.17, 15) is 8.42 Å². The Morgan fingerprint density at radius 1 is 1.12 bits per heavy atom. The Morgan fingerprint density at radius 2 is 1.71 bits per heavy atom. The third-order valence-corrected chi connectivity index (χ3v) is 4.16. The lowest BCUT2D eigenvalue weighted by Crippen LogP contribution is -2.11. The quantitative estimate of drug-likeness (QED) is 0.701. The predicted molar refractivity (Wildman–Crippen MR) is 67.4 cm³/mol. The average Bonchev–Trinajstić information content (AvgIpc) is 2.35. The minimum Gasteiger partial charge on any atom is -0.497 e. The van der Waals surface area contributed by atoms with Gasteiger partial charge in [0.1, 0.15) is 21.3 Å². The van der Waals surface area contributed by atoms with Gasteiger partial charge in [0.25, 0.3) is 0 Å². The van der Waals surface area contributed by atoms with Crippen LogP contribution in [0.25, 0.3) is 0 Å². The van der Waals surface area contributed by atoms with Crippen molar-refractivity contribution in [1.82, 2.24) is 0 Å². The van der Waals surface area contributed by atoms with Crippen LogP contribution in [0.3, 0.4) is 0 Å². The molecule has 0 fully saturated rings. The van der Waals surface area contributed by atoms with E-state index < -0.39 is 9.84 Å². The number of ether oxygens (including phenoxy) is 2. The molecule has 4 nitrogen and oxygen atoms in total. The molecule has 1 rings (SSSR count). The van der Waals surface area contributed by atoms with Gasteiger partial charge in [-0.25, -0.2) is 8.42 Å². The van der Waals surface area contributed by atoms with Crippen LogP contribution in [0.15, 0.2) is 24.3 Å². The molecule has 5 heteroatoms. The SMILES string of the molecule is CCS(=O)(=O)CCCOc1ccc(OC)cc1. The molecule has 0 saturated carbocycles. The third-order valence-electron chi connectivity index (χ3n) is 2.37. The molecule has 0 bridgehead atoms. The van der Waals surface area contributed by atoms with Crippen molar-refractivity contribution in [3.05, 3.63) is 24.3 Å². The Hall–Kier alpha value is -1.23. The van der Waals surface area contributed by atoms with Gasteiger partial charge in [0.15, 0.2) is 0 Å². The van der Waals surface area contributed by atoms with Gasteiger partial charge in [0.05, 0.1) is 19.5 Å². The molecule has 0 spiro atoms. The smallest absolute Gasteiger partial charge is 0.150 e. The van der Waals surface area contributed by atoms with Crippen molar-refractivity contribution in [2.45, 2.75) is 13.3 Å². The van der Waals surface area contributed by atoms with E-state index in [0.29, 0.717) is 13.0 Å². The maximum atomic E-state index is 11.2. The Kier molecular flexibility index (Phi) is 5.28. The average molecular weight is 258 g/mol. The number of benzene rings is 1. The summed E-state index contributed by atoms with van der Waals surface area (Å²) < 4.78 is 32.9. The first-order valence-electron chi connectivity index (χ1n) is 5.54. The van der Waals surface area contributed by atoms with Crippen LogP contribution in [0.2, 0.25) is 0 Å². The Morgan fingerprint density at radius 3 is 2.24 bits per heavy atom. The van der Waals surface area contributed by atoms with Crippen molar-refractivity contribution in [2.75, 3.05) is 25.2 Å². The van der Waals surface area contributed by atoms with Crippen molar-refractivity contribution in [3.63, 3.8) is 0 Å². The molecule has 0 saturated heterocycles. The molecule has 0 atom stereocenters. The summed E-state index contributed by atoms with van der Waals surface area (Å²) in [5.74, 6) is 1.86. The molecule has 96 valence electrons. The lowest BCUT2D eigenvalue weighted by molar-refractivity contribution is 0.317. The topological polar surface area (TPSA) is 52.6 Å². The van der Waals surface area contributed by atoms with Crippen molar-refractivity contribution in [1.29, 1.82) is 0 Å². The van der Waals surface area contributed by atoms with Crippen LogP contribution in [-0.2, 0) is 9.84 Å². The van der Waals surface area contributed by atoms with Crippen molar-refractivity contribution in [2.24, 2.45) is 0 Å². The largest absolute Gasteiger partial charge is 0.497 e. The first kappa shape index (κ1) is 13.8. The maximum Gasteiger partial charge on any atom is 0.150 e. The van der Waals surface area contributed by atoms with Crippen molar-refractivity contribution < 1.29 is 17.9 Å². The number of sulfone groups is 1. The van der Waals surface area contributed by atoms with Gasteiger partial charge in [0.2, 0.25) is 0 Å². The summed E-state index contributed by atoms with van der Waals surface area (Å²) in [6, 6.07) is 7.20. The first-order chi connectivity index (χ1) is 8.07. The highest BCUT2D eigenvalue weighted by molar-refractivity contribution is 7.91. The van der Waals surface area contributed by atoms with E-state index in [1.165, 1.54) is 0 Å². The van der Waals surface area contributed by atoms with Gasteiger partial charge in [-0.3, -0.25) is 0 Å². The summed E-state index contributed by atoms with van der Waals surface area (Å²) in [6.45, 7) is 2.06. The normalized spacial score (nSPS) is 11.2. The van der Waals surface area contributed by atoms with E-state index in [-0.39, 0.29) is 11.5 Å². The van der Waals surface area contributed by atoms with Crippen LogP contribution < -0.4 is 9.47 Å². The Bertz CT molecular complexity index is 422. The second-order valence-electron chi connectivity index (χ2n) is 3.61. The van der Waals surface area contributed by atoms with E-state index in [2.05, 4.69) is 0 Å². The van der Waals surface area contributed by atoms with E-state index in [0.717, 1.165) is 11.5 Å². The minimum absolute atomic E-state index is 0.180. The molecular formula is C12H18O4S. The summed E-state index contributed by atoms with van der Waals surface area (Å²) in [5.41, 5.74) is 0. The number of rotatable bonds is 7. The van der Waals surface area contributed by atoms with Crippen LogP contribution >= 0.6 is 0 Å². The molecule has 17 heavy (non-hydrogen) atoms. The van der Waals surface area contributed by atoms with Crippen LogP contribution in [0.4, 0.5) is 0 Å². The van der Waals surface area contributed by atoms with Gasteiger partial charge in [-0.1, -0.05) is 6.92 Å². The van der Waals surface area contributed by atoms with Crippen LogP contribution in [0.1, 0.15) is 13.3 Å². The molecule has 0 N–H and O–H groups in total. The van der Waals surface area contributed by atoms with Gasteiger partial charge in [-0.05, 0) is 30.7 Å². The summed E-state index contributed by atoms with van der Waals surface area (Å²) in [6.07, 6.45) is 0.516. The second-order valence-corrected chi connectivity index (χ2v) is 6.09. The fourth-order valence-electron chi connectivity index (χ4n) is 1.29. The van der Waals surface area contributed by atoms with E-state index >= 15 is 0 Å². The lowest BCUT2D eigenvalue weighted by atomic mass is 10.3. The molecule has 0 aromatic heterocycles. The van der Waals surface area contributed by atoms with Gasteiger partial charge in [-0.15, -0.1) is 0 Å². The Labute approximate surface area is 102 Å². The van der Waals surface area contributed by atoms with Gasteiger partial charge >= 0.3 is 0 Å². The maximum absolute atomic E-state index is 11.2. The van der Waals surface area contributed by atoms with Gasteiger partial charge in [-0.2, -0.15) is 0 Å². The number of methoxy groups -OCH3 is 1. The van der Waals surface area contributed by atoms with Gasteiger partial charge in [0, 0.05) is 5.75 Å². The molecule has 0 aliphatic rings. The minimum atomic E-state index is -2.88. The van der Waals surface area contributed by atoms with Crippen LogP contribution in [0.5, 0.6) is 11.5 Å². The summed E-state index contributed by atoms with van der Waals surface area (Å²) in [7, 11) is -1.28. The van der Waals surface area contributed by atoms with E-state index in [1.54, 1.807) is 38.3 Å². The molecule has 0 aliphatic heterocycles. The highest BCUT2D eigenvalue weighted by atomic mass is 32.2. The molecule has 0 heterocycles. The fraction of sp³-hybridized carbons (Fsp3) is 0.500. The molecule has 0 amide bonds. The summed E-state index contributed by atoms with van der Waals surface area (Å²) in [5, 5.41) is 0. The number of hydrogen-bond donors (Lipinski definition) is 0. The van der Waals surface area contributed by atoms with Crippen LogP contribution in [-0.4, -0.2) is 33.6 Å². The number of hydrogen-bond acceptors (Lipinski definition) is 4. The zero-order chi connectivity index (χ0) is 12.7. The second kappa shape index (κ2) is 6.49. The highest BCUT2D eigenvalue weighted by Crippen LogP contribution is 2.17. The summed E-state index contributed by atoms with van der Waals surface area (Å²) in [4.78, 5) is 0. The molecular weight excluding hydrogens is 240 g/mol. The van der Waals surface area contributed by atoms with Crippen LogP contribution in [0, 0.1) is 0 Å². The molecule has 0 radical (unpaired) electrons. The zero-order valence-corrected chi connectivity index (χ0v) is 11.0. The molecule has 1 aromatic carbocycles. The first-order valence-corrected chi connectivity index (χ1v) is 7.37. The van der Waals surface area contributed by atoms with Crippen molar-refractivity contribution in [3.8, 4) is 11.5 Å². The predicted octanol–water partition coefficient (Wildman–Crippen LogP) is 1.90. The monoisotopic (exact) mass is 258 g/mol. The molecule has 1 aromatic rings. The van der Waals surface area contributed by atoms with Crippen molar-refractivity contribution >= 4 is 9.84 Å². The summed E-state index contributed by atoms with van der Waals surface area (Å²) >= 11 is 0.